The van der Waals surface area contributed by atoms with Crippen molar-refractivity contribution >= 4 is 24.2 Å². The SMILES string of the molecule is C/C=N/NC(=O)C1CCC(C(=O)N/N=C/C)CC1. The van der Waals surface area contributed by atoms with Gasteiger partial charge in [-0.25, -0.2) is 10.9 Å². The van der Waals surface area contributed by atoms with Gasteiger partial charge in [0.25, 0.3) is 0 Å². The van der Waals surface area contributed by atoms with E-state index in [1.807, 2.05) is 0 Å². The van der Waals surface area contributed by atoms with Crippen LogP contribution in [0.15, 0.2) is 10.2 Å². The quantitative estimate of drug-likeness (QED) is 0.578. The third-order valence-electron chi connectivity index (χ3n) is 3.08. The Morgan fingerprint density at radius 2 is 1.22 bits per heavy atom. The summed E-state index contributed by atoms with van der Waals surface area (Å²) in [6.07, 6.45) is 5.97. The Hall–Kier alpha value is -1.72. The molecule has 2 N–H and O–H groups in total. The van der Waals surface area contributed by atoms with Crippen molar-refractivity contribution in [2.75, 3.05) is 0 Å². The van der Waals surface area contributed by atoms with Crippen molar-refractivity contribution in [3.8, 4) is 0 Å². The molecule has 0 aromatic heterocycles. The summed E-state index contributed by atoms with van der Waals surface area (Å²) in [6.45, 7) is 3.49. The summed E-state index contributed by atoms with van der Waals surface area (Å²) in [7, 11) is 0. The third-order valence-corrected chi connectivity index (χ3v) is 3.08. The molecule has 2 amide bonds. The van der Waals surface area contributed by atoms with Crippen LogP contribution in [-0.2, 0) is 9.59 Å². The largest absolute Gasteiger partial charge is 0.273 e. The molecule has 0 aromatic rings. The fourth-order valence-electron chi connectivity index (χ4n) is 2.06. The predicted octanol–water partition coefficient (Wildman–Crippen LogP) is 1.04. The molecule has 1 rings (SSSR count). The minimum Gasteiger partial charge on any atom is -0.273 e. The molecule has 1 aliphatic rings. The number of amides is 2. The molecule has 0 radical (unpaired) electrons. The zero-order valence-electron chi connectivity index (χ0n) is 10.8. The lowest BCUT2D eigenvalue weighted by Gasteiger charge is -2.25. The van der Waals surface area contributed by atoms with E-state index in [0.717, 1.165) is 25.7 Å². The van der Waals surface area contributed by atoms with Gasteiger partial charge in [-0.2, -0.15) is 10.2 Å². The molecule has 0 bridgehead atoms. The molecule has 100 valence electrons. The maximum Gasteiger partial charge on any atom is 0.243 e. The first-order valence-corrected chi connectivity index (χ1v) is 6.24. The Kier molecular flexibility index (Phi) is 6.04. The Bertz CT molecular complexity index is 310. The van der Waals surface area contributed by atoms with E-state index in [-0.39, 0.29) is 23.7 Å². The summed E-state index contributed by atoms with van der Waals surface area (Å²) in [5.74, 6) is -0.183. The van der Waals surface area contributed by atoms with Gasteiger partial charge in [-0.05, 0) is 39.5 Å². The summed E-state index contributed by atoms with van der Waals surface area (Å²) < 4.78 is 0. The lowest BCUT2D eigenvalue weighted by atomic mass is 9.81. The summed E-state index contributed by atoms with van der Waals surface area (Å²) in [5, 5.41) is 7.44. The molecule has 1 aliphatic carbocycles. The normalized spacial score (nSPS) is 24.3. The molecular weight excluding hydrogens is 232 g/mol. The first-order valence-electron chi connectivity index (χ1n) is 6.24. The number of hydrogen-bond acceptors (Lipinski definition) is 4. The number of carbonyl (C=O) groups excluding carboxylic acids is 2. The van der Waals surface area contributed by atoms with Crippen LogP contribution in [-0.4, -0.2) is 24.2 Å². The van der Waals surface area contributed by atoms with Crippen LogP contribution in [0.4, 0.5) is 0 Å². The van der Waals surface area contributed by atoms with E-state index in [1.165, 1.54) is 0 Å². The molecule has 0 aliphatic heterocycles. The first-order chi connectivity index (χ1) is 8.69. The van der Waals surface area contributed by atoms with Gasteiger partial charge in [-0.1, -0.05) is 0 Å². The van der Waals surface area contributed by atoms with Gasteiger partial charge < -0.3 is 0 Å². The van der Waals surface area contributed by atoms with E-state index in [4.69, 9.17) is 0 Å². The van der Waals surface area contributed by atoms with Gasteiger partial charge in [-0.3, -0.25) is 9.59 Å². The van der Waals surface area contributed by atoms with Gasteiger partial charge in [0, 0.05) is 24.3 Å². The van der Waals surface area contributed by atoms with Crippen molar-refractivity contribution in [1.29, 1.82) is 0 Å². The predicted molar refractivity (Wildman–Crippen MR) is 70.1 cm³/mol. The summed E-state index contributed by atoms with van der Waals surface area (Å²) in [5.41, 5.74) is 4.97. The highest BCUT2D eigenvalue weighted by Crippen LogP contribution is 2.29. The minimum atomic E-state index is -0.0569. The maximum atomic E-state index is 11.7. The van der Waals surface area contributed by atoms with Crippen LogP contribution in [0.5, 0.6) is 0 Å². The smallest absolute Gasteiger partial charge is 0.243 e. The van der Waals surface area contributed by atoms with Gasteiger partial charge in [-0.15, -0.1) is 0 Å². The summed E-state index contributed by atoms with van der Waals surface area (Å²) in [4.78, 5) is 23.3. The Morgan fingerprint density at radius 3 is 1.50 bits per heavy atom. The van der Waals surface area contributed by atoms with Crippen LogP contribution < -0.4 is 10.9 Å². The maximum absolute atomic E-state index is 11.7. The van der Waals surface area contributed by atoms with Crippen LogP contribution >= 0.6 is 0 Å². The molecule has 0 unspecified atom stereocenters. The molecular formula is C12H20N4O2. The van der Waals surface area contributed by atoms with Crippen LogP contribution in [0.2, 0.25) is 0 Å². The molecule has 0 heterocycles. The Morgan fingerprint density at radius 1 is 0.889 bits per heavy atom. The zero-order chi connectivity index (χ0) is 13.4. The van der Waals surface area contributed by atoms with Gasteiger partial charge >= 0.3 is 0 Å². The number of nitrogens with one attached hydrogen (secondary N) is 2. The molecule has 0 atom stereocenters. The fourth-order valence-corrected chi connectivity index (χ4v) is 2.06. The average molecular weight is 252 g/mol. The van der Waals surface area contributed by atoms with Gasteiger partial charge in [0.15, 0.2) is 0 Å². The Labute approximate surface area is 107 Å². The topological polar surface area (TPSA) is 82.9 Å². The van der Waals surface area contributed by atoms with E-state index >= 15 is 0 Å². The highest BCUT2D eigenvalue weighted by molar-refractivity contribution is 5.81. The molecule has 18 heavy (non-hydrogen) atoms. The van der Waals surface area contributed by atoms with Crippen molar-refractivity contribution in [1.82, 2.24) is 10.9 Å². The van der Waals surface area contributed by atoms with Crippen LogP contribution in [0.1, 0.15) is 39.5 Å². The molecule has 0 spiro atoms. The standard InChI is InChI=1S/C12H20N4O2/c1-3-13-15-11(17)9-5-7-10(8-6-9)12(18)16-14-4-2/h3-4,9-10H,5-8H2,1-2H3,(H,15,17)(H,16,18)/b13-3+,14-4+. The average Bonchev–Trinajstić information content (AvgIpc) is 2.42. The van der Waals surface area contributed by atoms with Gasteiger partial charge in [0.1, 0.15) is 0 Å². The van der Waals surface area contributed by atoms with Crippen LogP contribution in [0, 0.1) is 11.8 Å². The summed E-state index contributed by atoms with van der Waals surface area (Å²) in [6, 6.07) is 0. The van der Waals surface area contributed by atoms with Crippen LogP contribution in [0.3, 0.4) is 0 Å². The number of carbonyl (C=O) groups is 2. The molecule has 1 fully saturated rings. The lowest BCUT2D eigenvalue weighted by molar-refractivity contribution is -0.130. The van der Waals surface area contributed by atoms with E-state index < -0.39 is 0 Å². The zero-order valence-corrected chi connectivity index (χ0v) is 10.8. The number of hydrogen-bond donors (Lipinski definition) is 2. The van der Waals surface area contributed by atoms with Crippen LogP contribution in [0.25, 0.3) is 0 Å². The second-order valence-electron chi connectivity index (χ2n) is 4.28. The Balaban J connectivity index is 2.36. The highest BCUT2D eigenvalue weighted by atomic mass is 16.2. The van der Waals surface area contributed by atoms with Crippen molar-refractivity contribution < 1.29 is 9.59 Å². The van der Waals surface area contributed by atoms with Crippen molar-refractivity contribution in [3.05, 3.63) is 0 Å². The number of rotatable bonds is 4. The van der Waals surface area contributed by atoms with Gasteiger partial charge in [0.05, 0.1) is 0 Å². The van der Waals surface area contributed by atoms with Gasteiger partial charge in [0.2, 0.25) is 11.8 Å². The second kappa shape index (κ2) is 7.58. The number of nitrogens with zero attached hydrogens (tertiary/aromatic N) is 2. The molecule has 6 heteroatoms. The van der Waals surface area contributed by atoms with E-state index in [9.17, 15) is 9.59 Å². The first kappa shape index (κ1) is 14.3. The highest BCUT2D eigenvalue weighted by Gasteiger charge is 2.29. The van der Waals surface area contributed by atoms with E-state index in [2.05, 4.69) is 21.1 Å². The fraction of sp³-hybridized carbons (Fsp3) is 0.667. The van der Waals surface area contributed by atoms with Crippen molar-refractivity contribution in [3.63, 3.8) is 0 Å². The summed E-state index contributed by atoms with van der Waals surface area (Å²) >= 11 is 0. The van der Waals surface area contributed by atoms with E-state index in [0.29, 0.717) is 0 Å². The van der Waals surface area contributed by atoms with E-state index in [1.54, 1.807) is 26.3 Å². The minimum absolute atomic E-state index is 0.0348. The van der Waals surface area contributed by atoms with Crippen molar-refractivity contribution in [2.24, 2.45) is 22.0 Å². The molecule has 6 nitrogen and oxygen atoms in total. The molecule has 0 aromatic carbocycles. The third kappa shape index (κ3) is 4.27. The molecule has 0 saturated heterocycles. The number of hydrazone groups is 2. The van der Waals surface area contributed by atoms with Crippen molar-refractivity contribution in [2.45, 2.75) is 39.5 Å². The monoisotopic (exact) mass is 252 g/mol. The molecule has 1 saturated carbocycles. The second-order valence-corrected chi connectivity index (χ2v) is 4.28. The lowest BCUT2D eigenvalue weighted by Crippen LogP contribution is -2.34.